The van der Waals surface area contributed by atoms with Crippen LogP contribution in [-0.4, -0.2) is 25.0 Å². The largest absolute Gasteiger partial charge is 0.445 e. The Labute approximate surface area is 140 Å². The van der Waals surface area contributed by atoms with Gasteiger partial charge in [-0.2, -0.15) is 0 Å². The summed E-state index contributed by atoms with van der Waals surface area (Å²) < 4.78 is 5.07. The van der Waals surface area contributed by atoms with Crippen LogP contribution in [0.15, 0.2) is 54.6 Å². The van der Waals surface area contributed by atoms with E-state index in [0.29, 0.717) is 5.56 Å². The number of ether oxygens (including phenoxy) is 1. The van der Waals surface area contributed by atoms with Gasteiger partial charge in [0.25, 0.3) is 0 Å². The fourth-order valence-electron chi connectivity index (χ4n) is 1.89. The minimum absolute atomic E-state index is 0.0139. The molecule has 0 atom stereocenters. The van der Waals surface area contributed by atoms with Crippen LogP contribution < -0.4 is 11.1 Å². The van der Waals surface area contributed by atoms with Crippen LogP contribution in [0.2, 0.25) is 0 Å². The maximum Gasteiger partial charge on any atom is 0.408 e. The van der Waals surface area contributed by atoms with Crippen molar-refractivity contribution in [1.29, 1.82) is 0 Å². The Balaban J connectivity index is 1.75. The quantitative estimate of drug-likeness (QED) is 0.652. The molecule has 122 valence electrons. The lowest BCUT2D eigenvalue weighted by atomic mass is 10.1. The van der Waals surface area contributed by atoms with Crippen LogP contribution >= 0.6 is 0 Å². The summed E-state index contributed by atoms with van der Waals surface area (Å²) in [4.78, 5) is 22.9. The van der Waals surface area contributed by atoms with Crippen LogP contribution in [-0.2, 0) is 11.3 Å². The number of hydrogen-bond acceptors (Lipinski definition) is 4. The number of amides is 1. The van der Waals surface area contributed by atoms with Crippen LogP contribution in [0.1, 0.15) is 21.5 Å². The van der Waals surface area contributed by atoms with Crippen molar-refractivity contribution in [3.63, 3.8) is 0 Å². The number of carbonyl (C=O) groups excluding carboxylic acids is 2. The zero-order valence-electron chi connectivity index (χ0n) is 13.1. The number of carbonyl (C=O) groups is 2. The average molecular weight is 322 g/mol. The van der Waals surface area contributed by atoms with Gasteiger partial charge in [0.2, 0.25) is 0 Å². The van der Waals surface area contributed by atoms with E-state index in [1.807, 2.05) is 30.3 Å². The summed E-state index contributed by atoms with van der Waals surface area (Å²) in [5.41, 5.74) is 7.54. The molecule has 1 amide bonds. The molecule has 2 aromatic carbocycles. The Morgan fingerprint density at radius 2 is 1.75 bits per heavy atom. The first-order chi connectivity index (χ1) is 11.7. The van der Waals surface area contributed by atoms with Gasteiger partial charge in [0.15, 0.2) is 5.78 Å². The third kappa shape index (κ3) is 5.59. The van der Waals surface area contributed by atoms with E-state index in [2.05, 4.69) is 17.2 Å². The molecule has 24 heavy (non-hydrogen) atoms. The molecular formula is C19H18N2O3. The third-order valence-electron chi connectivity index (χ3n) is 3.16. The lowest BCUT2D eigenvalue weighted by Gasteiger charge is -2.04. The van der Waals surface area contributed by atoms with Crippen molar-refractivity contribution in [2.24, 2.45) is 5.73 Å². The smallest absolute Gasteiger partial charge is 0.408 e. The molecule has 0 unspecified atom stereocenters. The zero-order valence-corrected chi connectivity index (χ0v) is 13.1. The molecule has 5 nitrogen and oxygen atoms in total. The van der Waals surface area contributed by atoms with Crippen molar-refractivity contribution in [1.82, 2.24) is 5.32 Å². The lowest BCUT2D eigenvalue weighted by molar-refractivity contribution is 0.100. The van der Waals surface area contributed by atoms with Crippen molar-refractivity contribution in [3.05, 3.63) is 71.3 Å². The second-order valence-corrected chi connectivity index (χ2v) is 4.92. The molecule has 0 radical (unpaired) electrons. The molecule has 3 N–H and O–H groups in total. The number of nitrogens with two attached hydrogens (primary N) is 1. The molecular weight excluding hydrogens is 304 g/mol. The van der Waals surface area contributed by atoms with Crippen LogP contribution in [0.5, 0.6) is 0 Å². The molecule has 2 rings (SSSR count). The molecule has 0 fully saturated rings. The highest BCUT2D eigenvalue weighted by Crippen LogP contribution is 2.03. The SMILES string of the molecule is NCC(=O)c1ccc(C#CCNC(=O)OCc2ccccc2)cc1. The summed E-state index contributed by atoms with van der Waals surface area (Å²) >= 11 is 0. The molecule has 0 aliphatic heterocycles. The summed E-state index contributed by atoms with van der Waals surface area (Å²) in [5, 5.41) is 2.56. The van der Waals surface area contributed by atoms with Crippen molar-refractivity contribution in [2.75, 3.05) is 13.1 Å². The van der Waals surface area contributed by atoms with E-state index >= 15 is 0 Å². The Morgan fingerprint density at radius 1 is 1.04 bits per heavy atom. The van der Waals surface area contributed by atoms with E-state index in [-0.39, 0.29) is 25.5 Å². The van der Waals surface area contributed by atoms with Crippen LogP contribution in [0, 0.1) is 11.8 Å². The van der Waals surface area contributed by atoms with Gasteiger partial charge in [0.1, 0.15) is 6.61 Å². The highest BCUT2D eigenvalue weighted by Gasteiger charge is 2.02. The zero-order chi connectivity index (χ0) is 17.2. The van der Waals surface area contributed by atoms with Gasteiger partial charge >= 0.3 is 6.09 Å². The van der Waals surface area contributed by atoms with E-state index in [0.717, 1.165) is 11.1 Å². The van der Waals surface area contributed by atoms with E-state index < -0.39 is 6.09 Å². The van der Waals surface area contributed by atoms with Crippen LogP contribution in [0.3, 0.4) is 0 Å². The van der Waals surface area contributed by atoms with Gasteiger partial charge in [0.05, 0.1) is 13.1 Å². The minimum atomic E-state index is -0.517. The number of hydrogen-bond donors (Lipinski definition) is 2. The second-order valence-electron chi connectivity index (χ2n) is 4.92. The molecule has 0 heterocycles. The highest BCUT2D eigenvalue weighted by molar-refractivity contribution is 5.97. The number of benzene rings is 2. The summed E-state index contributed by atoms with van der Waals surface area (Å²) in [5.74, 6) is 5.60. The Hall–Kier alpha value is -3.10. The number of ketones is 1. The standard InChI is InChI=1S/C19H18N2O3/c20-13-18(22)17-10-8-15(9-11-17)7-4-12-21-19(23)24-14-16-5-2-1-3-6-16/h1-3,5-6,8-11H,12-14,20H2,(H,21,23). The molecule has 5 heteroatoms. The average Bonchev–Trinajstić information content (AvgIpc) is 2.64. The summed E-state index contributed by atoms with van der Waals surface area (Å²) in [6, 6.07) is 16.3. The summed E-state index contributed by atoms with van der Waals surface area (Å²) in [6.07, 6.45) is -0.517. The lowest BCUT2D eigenvalue weighted by Crippen LogP contribution is -2.24. The fraction of sp³-hybridized carbons (Fsp3) is 0.158. The van der Waals surface area contributed by atoms with Crippen molar-refractivity contribution < 1.29 is 14.3 Å². The highest BCUT2D eigenvalue weighted by atomic mass is 16.5. The monoisotopic (exact) mass is 322 g/mol. The first-order valence-corrected chi connectivity index (χ1v) is 7.46. The summed E-state index contributed by atoms with van der Waals surface area (Å²) in [6.45, 7) is 0.383. The van der Waals surface area contributed by atoms with Crippen molar-refractivity contribution in [3.8, 4) is 11.8 Å². The topological polar surface area (TPSA) is 81.4 Å². The number of rotatable bonds is 5. The first kappa shape index (κ1) is 17.3. The van der Waals surface area contributed by atoms with E-state index in [9.17, 15) is 9.59 Å². The predicted octanol–water partition coefficient (Wildman–Crippen LogP) is 2.11. The predicted molar refractivity (Wildman–Crippen MR) is 91.3 cm³/mol. The molecule has 2 aromatic rings. The van der Waals surface area contributed by atoms with E-state index in [4.69, 9.17) is 10.5 Å². The van der Waals surface area contributed by atoms with Gasteiger partial charge in [-0.05, 0) is 17.7 Å². The minimum Gasteiger partial charge on any atom is -0.445 e. The molecule has 0 bridgehead atoms. The number of nitrogens with one attached hydrogen (secondary N) is 1. The number of alkyl carbamates (subject to hydrolysis) is 1. The van der Waals surface area contributed by atoms with Crippen molar-refractivity contribution in [2.45, 2.75) is 6.61 Å². The van der Waals surface area contributed by atoms with Crippen LogP contribution in [0.4, 0.5) is 4.79 Å². The number of Topliss-reactive ketones (excluding diaryl/α,β-unsaturated/α-hetero) is 1. The maximum atomic E-state index is 11.5. The maximum absolute atomic E-state index is 11.5. The van der Waals surface area contributed by atoms with Crippen LogP contribution in [0.25, 0.3) is 0 Å². The Bertz CT molecular complexity index is 744. The molecule has 0 saturated carbocycles. The first-order valence-electron chi connectivity index (χ1n) is 7.46. The van der Waals surface area contributed by atoms with E-state index in [1.165, 1.54) is 0 Å². The fourth-order valence-corrected chi connectivity index (χ4v) is 1.89. The molecule has 0 aliphatic rings. The molecule has 0 aliphatic carbocycles. The molecule has 0 saturated heterocycles. The Morgan fingerprint density at radius 3 is 2.42 bits per heavy atom. The van der Waals surface area contributed by atoms with Gasteiger partial charge in [-0.25, -0.2) is 4.79 Å². The van der Waals surface area contributed by atoms with Gasteiger partial charge < -0.3 is 15.8 Å². The van der Waals surface area contributed by atoms with E-state index in [1.54, 1.807) is 24.3 Å². The van der Waals surface area contributed by atoms with Gasteiger partial charge in [-0.1, -0.05) is 54.3 Å². The van der Waals surface area contributed by atoms with Crippen molar-refractivity contribution >= 4 is 11.9 Å². The third-order valence-corrected chi connectivity index (χ3v) is 3.16. The molecule has 0 aromatic heterocycles. The Kier molecular flexibility index (Phi) is 6.57. The van der Waals surface area contributed by atoms with Gasteiger partial charge in [-0.3, -0.25) is 4.79 Å². The normalized spacial score (nSPS) is 9.54. The summed E-state index contributed by atoms with van der Waals surface area (Å²) in [7, 11) is 0. The van der Waals surface area contributed by atoms with Gasteiger partial charge in [-0.15, -0.1) is 0 Å². The van der Waals surface area contributed by atoms with Gasteiger partial charge in [0, 0.05) is 11.1 Å². The second kappa shape index (κ2) is 9.13. The molecule has 0 spiro atoms.